The van der Waals surface area contributed by atoms with E-state index in [9.17, 15) is 4.79 Å². The molecule has 0 aromatic heterocycles. The van der Waals surface area contributed by atoms with E-state index >= 15 is 0 Å². The maximum atomic E-state index is 13.3. The molecule has 1 unspecified atom stereocenters. The number of methoxy groups -OCH3 is 2. The second-order valence-electron chi connectivity index (χ2n) is 8.47. The number of hydrogen-bond donors (Lipinski definition) is 0. The molecular formula is C25H31N3O3. The van der Waals surface area contributed by atoms with Gasteiger partial charge in [-0.3, -0.25) is 9.69 Å². The van der Waals surface area contributed by atoms with Crippen LogP contribution in [0.15, 0.2) is 53.6 Å². The summed E-state index contributed by atoms with van der Waals surface area (Å²) in [4.78, 5) is 15.6. The van der Waals surface area contributed by atoms with Gasteiger partial charge in [-0.2, -0.15) is 5.10 Å². The van der Waals surface area contributed by atoms with Crippen molar-refractivity contribution in [3.63, 3.8) is 0 Å². The van der Waals surface area contributed by atoms with Crippen LogP contribution in [0.25, 0.3) is 0 Å². The van der Waals surface area contributed by atoms with E-state index in [1.54, 1.807) is 19.2 Å². The van der Waals surface area contributed by atoms with Crippen LogP contribution in [0.2, 0.25) is 0 Å². The zero-order chi connectivity index (χ0) is 21.8. The van der Waals surface area contributed by atoms with E-state index in [1.807, 2.05) is 48.5 Å². The Balaban J connectivity index is 1.58. The number of carbonyl (C=O) groups excluding carboxylic acids is 1. The van der Waals surface area contributed by atoms with Gasteiger partial charge < -0.3 is 9.47 Å². The number of rotatable bonds is 6. The number of hydrazone groups is 1. The van der Waals surface area contributed by atoms with Crippen LogP contribution in [0.3, 0.4) is 0 Å². The third kappa shape index (κ3) is 4.90. The van der Waals surface area contributed by atoms with Crippen molar-refractivity contribution in [3.05, 3.63) is 59.7 Å². The fourth-order valence-corrected chi connectivity index (χ4v) is 4.29. The summed E-state index contributed by atoms with van der Waals surface area (Å²) in [6.45, 7) is 4.64. The lowest BCUT2D eigenvalue weighted by molar-refractivity contribution is -0.134. The molecule has 2 aromatic carbocycles. The lowest BCUT2D eigenvalue weighted by Gasteiger charge is -2.31. The summed E-state index contributed by atoms with van der Waals surface area (Å²) in [6.07, 6.45) is 2.96. The summed E-state index contributed by atoms with van der Waals surface area (Å²) in [5, 5.41) is 6.49. The molecule has 6 nitrogen and oxygen atoms in total. The molecule has 0 aliphatic carbocycles. The zero-order valence-corrected chi connectivity index (χ0v) is 18.6. The molecule has 2 aromatic rings. The van der Waals surface area contributed by atoms with E-state index in [1.165, 1.54) is 0 Å². The van der Waals surface area contributed by atoms with E-state index in [0.29, 0.717) is 13.0 Å². The first-order valence-corrected chi connectivity index (χ1v) is 11.0. The second kappa shape index (κ2) is 9.52. The van der Waals surface area contributed by atoms with Crippen molar-refractivity contribution in [2.24, 2.45) is 11.0 Å². The Kier molecular flexibility index (Phi) is 6.56. The van der Waals surface area contributed by atoms with Gasteiger partial charge in [0, 0.05) is 12.0 Å². The Labute approximate surface area is 184 Å². The van der Waals surface area contributed by atoms with E-state index < -0.39 is 0 Å². The van der Waals surface area contributed by atoms with Crippen LogP contribution in [0.1, 0.15) is 43.4 Å². The standard InChI is InChI=1S/C25H31N3O3/c1-18-11-13-27(14-12-18)17-25(29)28-24(19-7-9-21(30-2)10-8-19)16-23(26-28)20-5-4-6-22(15-20)31-3/h4-10,15,18,24H,11-14,16-17H2,1-3H3. The Morgan fingerprint density at radius 3 is 2.42 bits per heavy atom. The van der Waals surface area contributed by atoms with Gasteiger partial charge in [0.1, 0.15) is 11.5 Å². The molecule has 164 valence electrons. The van der Waals surface area contributed by atoms with Gasteiger partial charge in [-0.25, -0.2) is 5.01 Å². The number of ether oxygens (including phenoxy) is 2. The lowest BCUT2D eigenvalue weighted by atomic mass is 9.98. The SMILES string of the molecule is COc1ccc(C2CC(c3cccc(OC)c3)=NN2C(=O)CN2CCC(C)CC2)cc1. The monoisotopic (exact) mass is 421 g/mol. The summed E-state index contributed by atoms with van der Waals surface area (Å²) in [5.41, 5.74) is 2.95. The number of likely N-dealkylation sites (tertiary alicyclic amines) is 1. The molecule has 2 heterocycles. The first-order chi connectivity index (χ1) is 15.1. The van der Waals surface area contributed by atoms with Crippen LogP contribution >= 0.6 is 0 Å². The Morgan fingerprint density at radius 2 is 1.74 bits per heavy atom. The van der Waals surface area contributed by atoms with Crippen molar-refractivity contribution in [2.45, 2.75) is 32.2 Å². The van der Waals surface area contributed by atoms with Gasteiger partial charge in [-0.05, 0) is 61.7 Å². The van der Waals surface area contributed by atoms with E-state index in [4.69, 9.17) is 14.6 Å². The number of benzene rings is 2. The van der Waals surface area contributed by atoms with Gasteiger partial charge in [0.25, 0.3) is 5.91 Å². The summed E-state index contributed by atoms with van der Waals surface area (Å²) >= 11 is 0. The van der Waals surface area contributed by atoms with Crippen LogP contribution in [0, 0.1) is 5.92 Å². The molecule has 6 heteroatoms. The van der Waals surface area contributed by atoms with Crippen molar-refractivity contribution < 1.29 is 14.3 Å². The molecule has 0 saturated carbocycles. The summed E-state index contributed by atoms with van der Waals surface area (Å²) in [7, 11) is 3.31. The highest BCUT2D eigenvalue weighted by Gasteiger charge is 2.34. The minimum atomic E-state index is -0.122. The van der Waals surface area contributed by atoms with Gasteiger partial charge in [0.05, 0.1) is 32.5 Å². The largest absolute Gasteiger partial charge is 0.497 e. The first kappa shape index (κ1) is 21.4. The summed E-state index contributed by atoms with van der Waals surface area (Å²) < 4.78 is 10.7. The summed E-state index contributed by atoms with van der Waals surface area (Å²) in [6, 6.07) is 15.7. The van der Waals surface area contributed by atoms with Crippen LogP contribution in [0.5, 0.6) is 11.5 Å². The van der Waals surface area contributed by atoms with E-state index in [-0.39, 0.29) is 11.9 Å². The molecule has 2 aliphatic heterocycles. The minimum absolute atomic E-state index is 0.0493. The summed E-state index contributed by atoms with van der Waals surface area (Å²) in [5.74, 6) is 2.38. The molecule has 0 N–H and O–H groups in total. The fraction of sp³-hybridized carbons (Fsp3) is 0.440. The first-order valence-electron chi connectivity index (χ1n) is 11.0. The lowest BCUT2D eigenvalue weighted by Crippen LogP contribution is -2.41. The molecule has 2 aliphatic rings. The Hall–Kier alpha value is -2.86. The molecule has 31 heavy (non-hydrogen) atoms. The highest BCUT2D eigenvalue weighted by molar-refractivity contribution is 6.03. The van der Waals surface area contributed by atoms with Crippen LogP contribution < -0.4 is 9.47 Å². The normalized spacial score (nSPS) is 19.9. The third-order valence-corrected chi connectivity index (χ3v) is 6.30. The number of hydrogen-bond acceptors (Lipinski definition) is 5. The number of amides is 1. The highest BCUT2D eigenvalue weighted by atomic mass is 16.5. The minimum Gasteiger partial charge on any atom is -0.497 e. The molecule has 0 spiro atoms. The van der Waals surface area contributed by atoms with E-state index in [2.05, 4.69) is 11.8 Å². The van der Waals surface area contributed by atoms with Gasteiger partial charge in [-0.15, -0.1) is 0 Å². The Bertz CT molecular complexity index is 933. The smallest absolute Gasteiger partial charge is 0.257 e. The average molecular weight is 422 g/mol. The number of nitrogens with zero attached hydrogens (tertiary/aromatic N) is 3. The van der Waals surface area contributed by atoms with Crippen molar-refractivity contribution in [1.29, 1.82) is 0 Å². The third-order valence-electron chi connectivity index (χ3n) is 6.30. The van der Waals surface area contributed by atoms with Gasteiger partial charge in [0.15, 0.2) is 0 Å². The molecule has 1 fully saturated rings. The quantitative estimate of drug-likeness (QED) is 0.704. The topological polar surface area (TPSA) is 54.4 Å². The zero-order valence-electron chi connectivity index (χ0n) is 18.6. The average Bonchev–Trinajstić information content (AvgIpc) is 3.26. The molecule has 1 atom stereocenters. The van der Waals surface area contributed by atoms with Gasteiger partial charge >= 0.3 is 0 Å². The predicted octanol–water partition coefficient (Wildman–Crippen LogP) is 4.11. The van der Waals surface area contributed by atoms with Crippen molar-refractivity contribution >= 4 is 11.6 Å². The molecule has 1 amide bonds. The molecule has 1 saturated heterocycles. The number of piperidine rings is 1. The van der Waals surface area contributed by atoms with Crippen LogP contribution in [-0.4, -0.2) is 55.4 Å². The van der Waals surface area contributed by atoms with Crippen molar-refractivity contribution in [2.75, 3.05) is 33.9 Å². The second-order valence-corrected chi connectivity index (χ2v) is 8.47. The van der Waals surface area contributed by atoms with Gasteiger partial charge in [0.2, 0.25) is 0 Å². The van der Waals surface area contributed by atoms with Crippen molar-refractivity contribution in [1.82, 2.24) is 9.91 Å². The molecule has 0 bridgehead atoms. The fourth-order valence-electron chi connectivity index (χ4n) is 4.29. The van der Waals surface area contributed by atoms with Crippen LogP contribution in [-0.2, 0) is 4.79 Å². The van der Waals surface area contributed by atoms with Gasteiger partial charge in [-0.1, -0.05) is 31.2 Å². The molecular weight excluding hydrogens is 390 g/mol. The Morgan fingerprint density at radius 1 is 1.03 bits per heavy atom. The van der Waals surface area contributed by atoms with E-state index in [0.717, 1.165) is 60.2 Å². The molecule has 0 radical (unpaired) electrons. The van der Waals surface area contributed by atoms with Crippen LogP contribution in [0.4, 0.5) is 0 Å². The highest BCUT2D eigenvalue weighted by Crippen LogP contribution is 2.34. The predicted molar refractivity (Wildman–Crippen MR) is 122 cm³/mol. The van der Waals surface area contributed by atoms with Crippen molar-refractivity contribution in [3.8, 4) is 11.5 Å². The number of carbonyl (C=O) groups is 1. The maximum Gasteiger partial charge on any atom is 0.257 e. The molecule has 4 rings (SSSR count). The maximum absolute atomic E-state index is 13.3.